The number of aromatic nitrogens is 3. The summed E-state index contributed by atoms with van der Waals surface area (Å²) in [5.74, 6) is 0.0331. The van der Waals surface area contributed by atoms with E-state index in [4.69, 9.17) is 28.4 Å². The largest absolute Gasteiger partial charge is 0.394 e. The van der Waals surface area contributed by atoms with E-state index >= 15 is 0 Å². The van der Waals surface area contributed by atoms with Crippen LogP contribution in [0.5, 0.6) is 0 Å². The molecule has 1 fully saturated rings. The van der Waals surface area contributed by atoms with Gasteiger partial charge in [-0.15, -0.1) is 0 Å². The van der Waals surface area contributed by atoms with Crippen molar-refractivity contribution in [2.75, 3.05) is 12.3 Å². The van der Waals surface area contributed by atoms with Crippen LogP contribution in [0.25, 0.3) is 11.0 Å². The summed E-state index contributed by atoms with van der Waals surface area (Å²) in [5, 5.41) is 20.3. The van der Waals surface area contributed by atoms with Gasteiger partial charge >= 0.3 is 0 Å². The average Bonchev–Trinajstić information content (AvgIpc) is 3.00. The van der Waals surface area contributed by atoms with E-state index in [0.29, 0.717) is 16.6 Å². The molecular formula is C13H17N5O3S. The Labute approximate surface area is 131 Å². The SMILES string of the molecule is C[C@H]1[C@@H](O)[C@H](n2cc(C(N)=S)c3c(N)ncnc32)O[C@@H]1CO. The summed E-state index contributed by atoms with van der Waals surface area (Å²) in [6.45, 7) is 1.64. The molecule has 9 heteroatoms. The number of rotatable bonds is 3. The molecule has 1 aliphatic heterocycles. The number of aliphatic hydroxyl groups is 2. The van der Waals surface area contributed by atoms with Gasteiger partial charge in [0.2, 0.25) is 0 Å². The first-order valence-electron chi connectivity index (χ1n) is 6.81. The van der Waals surface area contributed by atoms with Crippen LogP contribution in [0.1, 0.15) is 18.7 Å². The molecule has 118 valence electrons. The van der Waals surface area contributed by atoms with Gasteiger partial charge in [0.1, 0.15) is 28.9 Å². The standard InChI is InChI=1S/C13H17N5O3S/c1-5-7(3-19)21-13(9(5)20)18-2-6(11(15)22)8-10(14)16-4-17-12(8)18/h2,4-5,7,9,13,19-20H,3H2,1H3,(H2,15,22)(H2,14,16,17)/t5-,7-,9-,13-/m1/s1. The van der Waals surface area contributed by atoms with Gasteiger partial charge in [0, 0.05) is 17.7 Å². The smallest absolute Gasteiger partial charge is 0.162 e. The molecule has 0 aromatic carbocycles. The highest BCUT2D eigenvalue weighted by Gasteiger charge is 2.42. The van der Waals surface area contributed by atoms with Crippen LogP contribution in [0, 0.1) is 5.92 Å². The summed E-state index contributed by atoms with van der Waals surface area (Å²) in [6, 6.07) is 0. The lowest BCUT2D eigenvalue weighted by Gasteiger charge is -2.17. The van der Waals surface area contributed by atoms with E-state index in [-0.39, 0.29) is 23.3 Å². The second-order valence-corrected chi connectivity index (χ2v) is 5.81. The lowest BCUT2D eigenvalue weighted by Crippen LogP contribution is -2.25. The third-order valence-corrected chi connectivity index (χ3v) is 4.31. The predicted octanol–water partition coefficient (Wildman–Crippen LogP) is -0.466. The predicted molar refractivity (Wildman–Crippen MR) is 84.0 cm³/mol. The molecule has 0 unspecified atom stereocenters. The maximum Gasteiger partial charge on any atom is 0.162 e. The van der Waals surface area contributed by atoms with Crippen molar-refractivity contribution in [2.45, 2.75) is 25.4 Å². The van der Waals surface area contributed by atoms with E-state index in [1.54, 1.807) is 10.8 Å². The van der Waals surface area contributed by atoms with Crippen molar-refractivity contribution >= 4 is 34.1 Å². The fourth-order valence-electron chi connectivity index (χ4n) is 2.79. The van der Waals surface area contributed by atoms with E-state index in [1.165, 1.54) is 6.33 Å². The molecule has 2 aromatic rings. The van der Waals surface area contributed by atoms with Crippen LogP contribution in [-0.4, -0.2) is 48.6 Å². The van der Waals surface area contributed by atoms with Crippen molar-refractivity contribution in [1.29, 1.82) is 0 Å². The van der Waals surface area contributed by atoms with Gasteiger partial charge in [-0.25, -0.2) is 9.97 Å². The molecule has 1 aliphatic rings. The third kappa shape index (κ3) is 2.13. The molecule has 0 bridgehead atoms. The van der Waals surface area contributed by atoms with Crippen molar-refractivity contribution in [3.63, 3.8) is 0 Å². The monoisotopic (exact) mass is 323 g/mol. The zero-order valence-electron chi connectivity index (χ0n) is 11.9. The number of anilines is 1. The van der Waals surface area contributed by atoms with Crippen LogP contribution in [0.15, 0.2) is 12.5 Å². The van der Waals surface area contributed by atoms with Crippen LogP contribution in [0.3, 0.4) is 0 Å². The Morgan fingerprint density at radius 2 is 2.23 bits per heavy atom. The van der Waals surface area contributed by atoms with E-state index < -0.39 is 18.4 Å². The van der Waals surface area contributed by atoms with E-state index in [1.807, 2.05) is 6.92 Å². The Morgan fingerprint density at radius 1 is 1.50 bits per heavy atom. The quantitative estimate of drug-likeness (QED) is 0.558. The molecule has 3 rings (SSSR count). The first kappa shape index (κ1) is 15.1. The van der Waals surface area contributed by atoms with E-state index in [2.05, 4.69) is 9.97 Å². The van der Waals surface area contributed by atoms with Crippen LogP contribution in [0.2, 0.25) is 0 Å². The Balaban J connectivity index is 2.16. The summed E-state index contributed by atoms with van der Waals surface area (Å²) in [4.78, 5) is 8.31. The number of thiocarbonyl (C=S) groups is 1. The van der Waals surface area contributed by atoms with Crippen molar-refractivity contribution in [1.82, 2.24) is 14.5 Å². The molecule has 6 N–H and O–H groups in total. The number of aliphatic hydroxyl groups excluding tert-OH is 2. The van der Waals surface area contributed by atoms with Crippen molar-refractivity contribution in [2.24, 2.45) is 11.7 Å². The lowest BCUT2D eigenvalue weighted by molar-refractivity contribution is -0.0489. The van der Waals surface area contributed by atoms with Crippen LogP contribution in [0.4, 0.5) is 5.82 Å². The molecule has 0 spiro atoms. The lowest BCUT2D eigenvalue weighted by atomic mass is 10.0. The van der Waals surface area contributed by atoms with Gasteiger partial charge in [0.25, 0.3) is 0 Å². The molecule has 22 heavy (non-hydrogen) atoms. The topological polar surface area (TPSA) is 132 Å². The first-order chi connectivity index (χ1) is 10.5. The highest BCUT2D eigenvalue weighted by molar-refractivity contribution is 7.80. The summed E-state index contributed by atoms with van der Waals surface area (Å²) >= 11 is 5.05. The second kappa shape index (κ2) is 5.43. The molecule has 0 saturated carbocycles. The highest BCUT2D eigenvalue weighted by atomic mass is 32.1. The molecule has 1 saturated heterocycles. The zero-order valence-corrected chi connectivity index (χ0v) is 12.7. The van der Waals surface area contributed by atoms with E-state index in [0.717, 1.165) is 0 Å². The number of hydrogen-bond donors (Lipinski definition) is 4. The molecule has 2 aromatic heterocycles. The summed E-state index contributed by atoms with van der Waals surface area (Å²) < 4.78 is 7.38. The fraction of sp³-hybridized carbons (Fsp3) is 0.462. The molecule has 0 amide bonds. The molecule has 4 atom stereocenters. The number of hydrogen-bond acceptors (Lipinski definition) is 7. The van der Waals surface area contributed by atoms with Gasteiger partial charge in [-0.1, -0.05) is 19.1 Å². The van der Waals surface area contributed by atoms with Crippen molar-refractivity contribution in [3.05, 3.63) is 18.1 Å². The van der Waals surface area contributed by atoms with Gasteiger partial charge in [-0.3, -0.25) is 0 Å². The van der Waals surface area contributed by atoms with Gasteiger partial charge < -0.3 is 31.0 Å². The van der Waals surface area contributed by atoms with Gasteiger partial charge in [-0.05, 0) is 0 Å². The Kier molecular flexibility index (Phi) is 3.73. The van der Waals surface area contributed by atoms with Crippen LogP contribution < -0.4 is 11.5 Å². The van der Waals surface area contributed by atoms with Gasteiger partial charge in [0.05, 0.1) is 18.1 Å². The number of nitrogens with two attached hydrogens (primary N) is 2. The van der Waals surface area contributed by atoms with Crippen LogP contribution in [-0.2, 0) is 4.74 Å². The highest BCUT2D eigenvalue weighted by Crippen LogP contribution is 2.37. The Morgan fingerprint density at radius 3 is 2.82 bits per heavy atom. The minimum atomic E-state index is -0.803. The molecule has 0 aliphatic carbocycles. The molecule has 0 radical (unpaired) electrons. The zero-order chi connectivity index (χ0) is 16.0. The number of fused-ring (bicyclic) bond motifs is 1. The number of nitrogen functional groups attached to an aromatic ring is 1. The second-order valence-electron chi connectivity index (χ2n) is 5.37. The summed E-state index contributed by atoms with van der Waals surface area (Å²) in [5.41, 5.74) is 12.6. The Hall–Kier alpha value is -1.81. The molecular weight excluding hydrogens is 306 g/mol. The molecule has 8 nitrogen and oxygen atoms in total. The van der Waals surface area contributed by atoms with E-state index in [9.17, 15) is 10.2 Å². The molecule has 3 heterocycles. The maximum atomic E-state index is 10.4. The minimum absolute atomic E-state index is 0.157. The van der Waals surface area contributed by atoms with Crippen molar-refractivity contribution < 1.29 is 14.9 Å². The first-order valence-corrected chi connectivity index (χ1v) is 7.21. The third-order valence-electron chi connectivity index (χ3n) is 4.09. The van der Waals surface area contributed by atoms with Crippen LogP contribution >= 0.6 is 12.2 Å². The summed E-state index contributed by atoms with van der Waals surface area (Å²) in [7, 11) is 0. The fourth-order valence-corrected chi connectivity index (χ4v) is 2.95. The van der Waals surface area contributed by atoms with Gasteiger partial charge in [-0.2, -0.15) is 0 Å². The number of ether oxygens (including phenoxy) is 1. The average molecular weight is 323 g/mol. The van der Waals surface area contributed by atoms with Crippen molar-refractivity contribution in [3.8, 4) is 0 Å². The summed E-state index contributed by atoms with van der Waals surface area (Å²) in [6.07, 6.45) is 1.02. The minimum Gasteiger partial charge on any atom is -0.394 e. The number of nitrogens with zero attached hydrogens (tertiary/aromatic N) is 3. The Bertz CT molecular complexity index is 734. The normalized spacial score (nSPS) is 28.3. The maximum absolute atomic E-state index is 10.4. The van der Waals surface area contributed by atoms with Gasteiger partial charge in [0.15, 0.2) is 6.23 Å².